The third-order valence-electron chi connectivity index (χ3n) is 2.03. The Kier molecular flexibility index (Phi) is 3.46. The maximum absolute atomic E-state index is 10.9. The number of rotatable bonds is 4. The van der Waals surface area contributed by atoms with E-state index in [0.717, 1.165) is 11.3 Å². The molecular weight excluding hydrogens is 174 g/mol. The number of hydrogen-bond acceptors (Lipinski definition) is 2. The van der Waals surface area contributed by atoms with E-state index in [-0.39, 0.29) is 5.78 Å². The van der Waals surface area contributed by atoms with Gasteiger partial charge in [0.1, 0.15) is 5.78 Å². The SMILES string of the molecule is C=C(c1ccccc1)N(C)CC(C)=O. The minimum absolute atomic E-state index is 0.143. The van der Waals surface area contributed by atoms with Crippen LogP contribution in [-0.4, -0.2) is 24.3 Å². The normalized spacial score (nSPS) is 9.57. The first-order chi connectivity index (χ1) is 6.61. The van der Waals surface area contributed by atoms with Crippen molar-refractivity contribution in [1.29, 1.82) is 0 Å². The monoisotopic (exact) mass is 189 g/mol. The minimum atomic E-state index is 0.143. The van der Waals surface area contributed by atoms with Gasteiger partial charge in [-0.15, -0.1) is 0 Å². The Labute approximate surface area is 84.9 Å². The summed E-state index contributed by atoms with van der Waals surface area (Å²) in [4.78, 5) is 12.8. The van der Waals surface area contributed by atoms with Crippen molar-refractivity contribution in [3.05, 3.63) is 42.5 Å². The van der Waals surface area contributed by atoms with Crippen LogP contribution in [0.3, 0.4) is 0 Å². The van der Waals surface area contributed by atoms with Crippen LogP contribution in [0.4, 0.5) is 0 Å². The molecule has 1 aromatic carbocycles. The molecule has 2 nitrogen and oxygen atoms in total. The van der Waals surface area contributed by atoms with E-state index < -0.39 is 0 Å². The fraction of sp³-hybridized carbons (Fsp3) is 0.250. The van der Waals surface area contributed by atoms with Gasteiger partial charge in [-0.1, -0.05) is 36.9 Å². The third kappa shape index (κ3) is 2.73. The maximum Gasteiger partial charge on any atom is 0.149 e. The van der Waals surface area contributed by atoms with Gasteiger partial charge in [0.2, 0.25) is 0 Å². The molecule has 0 bridgehead atoms. The largest absolute Gasteiger partial charge is 0.367 e. The number of benzene rings is 1. The van der Waals surface area contributed by atoms with Crippen LogP contribution in [0.15, 0.2) is 36.9 Å². The molecule has 0 aliphatic carbocycles. The third-order valence-corrected chi connectivity index (χ3v) is 2.03. The summed E-state index contributed by atoms with van der Waals surface area (Å²) >= 11 is 0. The Morgan fingerprint density at radius 1 is 1.36 bits per heavy atom. The van der Waals surface area contributed by atoms with Gasteiger partial charge in [-0.25, -0.2) is 0 Å². The number of hydrogen-bond donors (Lipinski definition) is 0. The van der Waals surface area contributed by atoms with Crippen LogP contribution >= 0.6 is 0 Å². The maximum atomic E-state index is 10.9. The van der Waals surface area contributed by atoms with Gasteiger partial charge in [0, 0.05) is 12.7 Å². The Balaban J connectivity index is 2.71. The average Bonchev–Trinajstić information content (AvgIpc) is 2.17. The van der Waals surface area contributed by atoms with E-state index in [2.05, 4.69) is 6.58 Å². The molecule has 0 saturated heterocycles. The molecule has 0 fully saturated rings. The summed E-state index contributed by atoms with van der Waals surface area (Å²) in [5.74, 6) is 0.143. The number of nitrogens with zero attached hydrogens (tertiary/aromatic N) is 1. The Hall–Kier alpha value is -1.57. The van der Waals surface area contributed by atoms with Crippen molar-refractivity contribution < 1.29 is 4.79 Å². The zero-order valence-corrected chi connectivity index (χ0v) is 8.66. The number of carbonyl (C=O) groups is 1. The molecule has 2 heteroatoms. The standard InChI is InChI=1S/C12H15NO/c1-10(14)9-13(3)11(2)12-7-5-4-6-8-12/h4-8H,2,9H2,1,3H3. The molecule has 0 unspecified atom stereocenters. The van der Waals surface area contributed by atoms with Gasteiger partial charge in [-0.2, -0.15) is 0 Å². The Morgan fingerprint density at radius 2 is 1.93 bits per heavy atom. The fourth-order valence-corrected chi connectivity index (χ4v) is 1.28. The molecule has 74 valence electrons. The second-order valence-corrected chi connectivity index (χ2v) is 3.37. The Bertz CT molecular complexity index is 329. The van der Waals surface area contributed by atoms with Crippen molar-refractivity contribution in [3.8, 4) is 0 Å². The van der Waals surface area contributed by atoms with Crippen LogP contribution in [0, 0.1) is 0 Å². The average molecular weight is 189 g/mol. The quantitative estimate of drug-likeness (QED) is 0.723. The molecule has 0 saturated carbocycles. The van der Waals surface area contributed by atoms with Gasteiger partial charge in [-0.3, -0.25) is 4.79 Å². The van der Waals surface area contributed by atoms with Crippen molar-refractivity contribution in [3.63, 3.8) is 0 Å². The molecule has 0 amide bonds. The van der Waals surface area contributed by atoms with Gasteiger partial charge in [0.05, 0.1) is 6.54 Å². The van der Waals surface area contributed by atoms with Crippen molar-refractivity contribution >= 4 is 11.5 Å². The molecule has 0 heterocycles. The smallest absolute Gasteiger partial charge is 0.149 e. The summed E-state index contributed by atoms with van der Waals surface area (Å²) in [6.45, 7) is 5.94. The molecule has 0 N–H and O–H groups in total. The first kappa shape index (κ1) is 10.5. The predicted octanol–water partition coefficient (Wildman–Crippen LogP) is 2.18. The molecule has 0 aliphatic heterocycles. The lowest BCUT2D eigenvalue weighted by molar-refractivity contribution is -0.117. The molecule has 0 aromatic heterocycles. The van der Waals surface area contributed by atoms with E-state index in [0.29, 0.717) is 6.54 Å². The highest BCUT2D eigenvalue weighted by Crippen LogP contribution is 2.14. The highest BCUT2D eigenvalue weighted by atomic mass is 16.1. The van der Waals surface area contributed by atoms with Crippen LogP contribution in [0.5, 0.6) is 0 Å². The van der Waals surface area contributed by atoms with Crippen LogP contribution < -0.4 is 0 Å². The van der Waals surface area contributed by atoms with E-state index >= 15 is 0 Å². The van der Waals surface area contributed by atoms with Gasteiger partial charge in [0.15, 0.2) is 0 Å². The lowest BCUT2D eigenvalue weighted by Gasteiger charge is -2.20. The summed E-state index contributed by atoms with van der Waals surface area (Å²) in [5.41, 5.74) is 1.93. The topological polar surface area (TPSA) is 20.3 Å². The van der Waals surface area contributed by atoms with E-state index in [1.165, 1.54) is 0 Å². The van der Waals surface area contributed by atoms with Gasteiger partial charge in [-0.05, 0) is 12.5 Å². The van der Waals surface area contributed by atoms with Crippen LogP contribution in [0.2, 0.25) is 0 Å². The minimum Gasteiger partial charge on any atom is -0.367 e. The van der Waals surface area contributed by atoms with Crippen molar-refractivity contribution in [2.24, 2.45) is 0 Å². The van der Waals surface area contributed by atoms with E-state index in [1.54, 1.807) is 6.92 Å². The van der Waals surface area contributed by atoms with E-state index in [9.17, 15) is 4.79 Å². The lowest BCUT2D eigenvalue weighted by Crippen LogP contribution is -2.22. The summed E-state index contributed by atoms with van der Waals surface area (Å²) in [5, 5.41) is 0. The zero-order valence-electron chi connectivity index (χ0n) is 8.66. The highest BCUT2D eigenvalue weighted by molar-refractivity contribution is 5.79. The Morgan fingerprint density at radius 3 is 2.43 bits per heavy atom. The van der Waals surface area contributed by atoms with Gasteiger partial charge < -0.3 is 4.90 Å². The van der Waals surface area contributed by atoms with Crippen LogP contribution in [-0.2, 0) is 4.79 Å². The van der Waals surface area contributed by atoms with Crippen molar-refractivity contribution in [2.45, 2.75) is 6.92 Å². The van der Waals surface area contributed by atoms with Crippen LogP contribution in [0.1, 0.15) is 12.5 Å². The van der Waals surface area contributed by atoms with Crippen molar-refractivity contribution in [2.75, 3.05) is 13.6 Å². The fourth-order valence-electron chi connectivity index (χ4n) is 1.28. The van der Waals surface area contributed by atoms with Crippen LogP contribution in [0.25, 0.3) is 5.70 Å². The summed E-state index contributed by atoms with van der Waals surface area (Å²) in [6, 6.07) is 9.85. The van der Waals surface area contributed by atoms with Gasteiger partial charge >= 0.3 is 0 Å². The van der Waals surface area contributed by atoms with E-state index in [1.807, 2.05) is 42.3 Å². The lowest BCUT2D eigenvalue weighted by atomic mass is 10.1. The highest BCUT2D eigenvalue weighted by Gasteiger charge is 2.05. The predicted molar refractivity (Wildman–Crippen MR) is 58.8 cm³/mol. The number of ketones is 1. The molecule has 1 aromatic rings. The summed E-state index contributed by atoms with van der Waals surface area (Å²) < 4.78 is 0. The second-order valence-electron chi connectivity index (χ2n) is 3.37. The first-order valence-electron chi connectivity index (χ1n) is 4.56. The van der Waals surface area contributed by atoms with Crippen molar-refractivity contribution in [1.82, 2.24) is 4.90 Å². The molecule has 0 radical (unpaired) electrons. The van der Waals surface area contributed by atoms with Gasteiger partial charge in [0.25, 0.3) is 0 Å². The molecule has 0 atom stereocenters. The second kappa shape index (κ2) is 4.61. The summed E-state index contributed by atoms with van der Waals surface area (Å²) in [6.07, 6.45) is 0. The molecule has 0 spiro atoms. The molecular formula is C12H15NO. The molecule has 0 aliphatic rings. The number of carbonyl (C=O) groups excluding carboxylic acids is 1. The first-order valence-corrected chi connectivity index (χ1v) is 4.56. The number of likely N-dealkylation sites (N-methyl/N-ethyl adjacent to an activating group) is 1. The number of Topliss-reactive ketones (excluding diaryl/α,β-unsaturated/α-hetero) is 1. The molecule has 14 heavy (non-hydrogen) atoms. The molecule has 1 rings (SSSR count). The zero-order chi connectivity index (χ0) is 10.6. The summed E-state index contributed by atoms with van der Waals surface area (Å²) in [7, 11) is 1.87. The van der Waals surface area contributed by atoms with E-state index in [4.69, 9.17) is 0 Å².